The molecule has 1 N–H and O–H groups in total. The highest BCUT2D eigenvalue weighted by molar-refractivity contribution is 5.91. The van der Waals surface area contributed by atoms with Crippen molar-refractivity contribution in [3.05, 3.63) is 17.7 Å². The molecule has 0 saturated carbocycles. The normalized spacial score (nSPS) is 23.8. The van der Waals surface area contributed by atoms with Gasteiger partial charge in [0, 0.05) is 0 Å². The Bertz CT molecular complexity index is 583. The second kappa shape index (κ2) is 9.12. The minimum atomic E-state index is -0.381. The van der Waals surface area contributed by atoms with Gasteiger partial charge in [-0.3, -0.25) is 0 Å². The van der Waals surface area contributed by atoms with Gasteiger partial charge in [-0.2, -0.15) is 0 Å². The number of quaternary nitrogens is 1. The number of carbonyl (C=O) groups excluding carboxylic acids is 1. The number of rotatable bonds is 7. The molecule has 2 rings (SSSR count). The highest BCUT2D eigenvalue weighted by atomic mass is 16.5. The van der Waals surface area contributed by atoms with E-state index in [4.69, 9.17) is 18.9 Å². The summed E-state index contributed by atoms with van der Waals surface area (Å²) in [5.74, 6) is 0.958. The lowest BCUT2D eigenvalue weighted by Gasteiger charge is -2.37. The number of benzene rings is 1. The summed E-state index contributed by atoms with van der Waals surface area (Å²) in [7, 11) is 4.58. The summed E-state index contributed by atoms with van der Waals surface area (Å²) in [6.45, 7) is 7.33. The second-order valence-electron chi connectivity index (χ2n) is 7.14. The number of methoxy groups -OCH3 is 3. The van der Waals surface area contributed by atoms with Crippen LogP contribution in [0.2, 0.25) is 0 Å². The van der Waals surface area contributed by atoms with Crippen LogP contribution in [0.3, 0.4) is 0 Å². The summed E-state index contributed by atoms with van der Waals surface area (Å²) >= 11 is 0. The van der Waals surface area contributed by atoms with Gasteiger partial charge in [0.1, 0.15) is 12.6 Å². The molecule has 1 fully saturated rings. The third kappa shape index (κ3) is 4.61. The second-order valence-corrected chi connectivity index (χ2v) is 7.14. The Morgan fingerprint density at radius 1 is 1.08 bits per heavy atom. The van der Waals surface area contributed by atoms with Crippen LogP contribution in [-0.2, 0) is 4.74 Å². The van der Waals surface area contributed by atoms with Crippen molar-refractivity contribution in [3.63, 3.8) is 0 Å². The van der Waals surface area contributed by atoms with Crippen molar-refractivity contribution >= 4 is 5.97 Å². The molecule has 0 spiro atoms. The average molecular weight is 366 g/mol. The van der Waals surface area contributed by atoms with Crippen LogP contribution in [-0.4, -0.2) is 52.0 Å². The number of nitrogens with one attached hydrogen (secondary N) is 1. The van der Waals surface area contributed by atoms with Gasteiger partial charge in [0.25, 0.3) is 0 Å². The van der Waals surface area contributed by atoms with Gasteiger partial charge in [-0.1, -0.05) is 0 Å². The number of carbonyl (C=O) groups is 1. The van der Waals surface area contributed by atoms with Gasteiger partial charge < -0.3 is 23.8 Å². The zero-order valence-electron chi connectivity index (χ0n) is 16.8. The molecule has 1 aliphatic rings. The van der Waals surface area contributed by atoms with E-state index in [-0.39, 0.29) is 12.1 Å². The number of piperidine rings is 1. The SMILES string of the molecule is COc1cc(C(=O)O[C@@H](C)C[NH+]2[C@H](C)CCC[C@@H]2C)cc(OC)c1OC. The van der Waals surface area contributed by atoms with E-state index in [1.54, 1.807) is 12.1 Å². The van der Waals surface area contributed by atoms with Crippen molar-refractivity contribution in [2.24, 2.45) is 0 Å². The van der Waals surface area contributed by atoms with Crippen LogP contribution in [0, 0.1) is 0 Å². The molecular formula is C20H32NO5+. The summed E-state index contributed by atoms with van der Waals surface area (Å²) in [5, 5.41) is 0. The van der Waals surface area contributed by atoms with Crippen molar-refractivity contribution in [1.29, 1.82) is 0 Å². The molecule has 4 atom stereocenters. The zero-order valence-corrected chi connectivity index (χ0v) is 16.8. The van der Waals surface area contributed by atoms with Crippen LogP contribution in [0.5, 0.6) is 17.2 Å². The van der Waals surface area contributed by atoms with Gasteiger partial charge in [-0.25, -0.2) is 4.79 Å². The van der Waals surface area contributed by atoms with E-state index in [1.165, 1.54) is 45.5 Å². The molecule has 26 heavy (non-hydrogen) atoms. The molecule has 146 valence electrons. The lowest BCUT2D eigenvalue weighted by Crippen LogP contribution is -3.20. The maximum Gasteiger partial charge on any atom is 0.338 e. The lowest BCUT2D eigenvalue weighted by atomic mass is 9.97. The summed E-state index contributed by atoms with van der Waals surface area (Å²) < 4.78 is 21.6. The fourth-order valence-electron chi connectivity index (χ4n) is 3.81. The smallest absolute Gasteiger partial charge is 0.338 e. The number of likely N-dealkylation sites (tertiary alicyclic amines) is 1. The first-order chi connectivity index (χ1) is 12.4. The summed E-state index contributed by atoms with van der Waals surface area (Å²) in [4.78, 5) is 14.1. The van der Waals surface area contributed by atoms with Crippen molar-refractivity contribution in [2.45, 2.75) is 58.2 Å². The van der Waals surface area contributed by atoms with E-state index in [9.17, 15) is 4.79 Å². The molecule has 0 aromatic heterocycles. The predicted octanol–water partition coefficient (Wildman–Crippen LogP) is 2.10. The van der Waals surface area contributed by atoms with Crippen LogP contribution in [0.1, 0.15) is 50.4 Å². The lowest BCUT2D eigenvalue weighted by molar-refractivity contribution is -0.953. The molecule has 6 nitrogen and oxygen atoms in total. The molecule has 0 bridgehead atoms. The molecule has 1 aromatic rings. The van der Waals surface area contributed by atoms with Crippen molar-refractivity contribution < 1.29 is 28.6 Å². The van der Waals surface area contributed by atoms with E-state index < -0.39 is 0 Å². The van der Waals surface area contributed by atoms with Gasteiger partial charge in [0.15, 0.2) is 11.5 Å². The van der Waals surface area contributed by atoms with Crippen LogP contribution < -0.4 is 19.1 Å². The first-order valence-corrected chi connectivity index (χ1v) is 9.27. The van der Waals surface area contributed by atoms with Crippen molar-refractivity contribution in [1.82, 2.24) is 0 Å². The Kier molecular flexibility index (Phi) is 7.14. The Hall–Kier alpha value is -1.95. The van der Waals surface area contributed by atoms with Gasteiger partial charge in [0.05, 0.1) is 39.0 Å². The molecule has 1 aromatic carbocycles. The van der Waals surface area contributed by atoms with Crippen LogP contribution in [0.25, 0.3) is 0 Å². The largest absolute Gasteiger partial charge is 0.493 e. The van der Waals surface area contributed by atoms with Gasteiger partial charge >= 0.3 is 5.97 Å². The Morgan fingerprint density at radius 3 is 2.08 bits per heavy atom. The molecule has 6 heteroatoms. The summed E-state index contributed by atoms with van der Waals surface area (Å²) in [6, 6.07) is 4.44. The Morgan fingerprint density at radius 2 is 1.62 bits per heavy atom. The Balaban J connectivity index is 2.09. The van der Waals surface area contributed by atoms with Crippen LogP contribution >= 0.6 is 0 Å². The standard InChI is InChI=1S/C20H31NO5/c1-13-8-7-9-14(2)21(13)12-15(3)26-20(22)16-10-17(23-4)19(25-6)18(11-16)24-5/h10-11,13-15H,7-9,12H2,1-6H3/p+1/t13-,14+,15-/m0/s1. The van der Waals surface area contributed by atoms with Gasteiger partial charge in [-0.15, -0.1) is 0 Å². The number of esters is 1. The van der Waals surface area contributed by atoms with E-state index in [0.717, 1.165) is 6.54 Å². The van der Waals surface area contributed by atoms with E-state index >= 15 is 0 Å². The first kappa shape index (κ1) is 20.4. The summed E-state index contributed by atoms with van der Waals surface area (Å²) in [6.07, 6.45) is 3.57. The average Bonchev–Trinajstić information content (AvgIpc) is 2.63. The predicted molar refractivity (Wildman–Crippen MR) is 99.6 cm³/mol. The van der Waals surface area contributed by atoms with Crippen LogP contribution in [0.4, 0.5) is 0 Å². The van der Waals surface area contributed by atoms with E-state index in [1.807, 2.05) is 6.92 Å². The maximum atomic E-state index is 12.6. The minimum Gasteiger partial charge on any atom is -0.493 e. The molecule has 0 amide bonds. The third-order valence-electron chi connectivity index (χ3n) is 5.27. The molecule has 0 aliphatic carbocycles. The highest BCUT2D eigenvalue weighted by Crippen LogP contribution is 2.38. The first-order valence-electron chi connectivity index (χ1n) is 9.27. The molecule has 1 heterocycles. The topological polar surface area (TPSA) is 58.4 Å². The van der Waals surface area contributed by atoms with Crippen molar-refractivity contribution in [3.8, 4) is 17.2 Å². The van der Waals surface area contributed by atoms with Gasteiger partial charge in [-0.05, 0) is 52.2 Å². The monoisotopic (exact) mass is 366 g/mol. The molecule has 0 radical (unpaired) electrons. The summed E-state index contributed by atoms with van der Waals surface area (Å²) in [5.41, 5.74) is 0.390. The van der Waals surface area contributed by atoms with Crippen molar-refractivity contribution in [2.75, 3.05) is 27.9 Å². The number of hydrogen-bond acceptors (Lipinski definition) is 5. The Labute approximate surface area is 156 Å². The number of ether oxygens (including phenoxy) is 4. The molecule has 1 saturated heterocycles. The maximum absolute atomic E-state index is 12.6. The minimum absolute atomic E-state index is 0.167. The quantitative estimate of drug-likeness (QED) is 0.749. The fourth-order valence-corrected chi connectivity index (χ4v) is 3.81. The fraction of sp³-hybridized carbons (Fsp3) is 0.650. The van der Waals surface area contributed by atoms with E-state index in [0.29, 0.717) is 34.9 Å². The zero-order chi connectivity index (χ0) is 19.3. The third-order valence-corrected chi connectivity index (χ3v) is 5.27. The molecule has 1 aliphatic heterocycles. The number of hydrogen-bond donors (Lipinski definition) is 1. The highest BCUT2D eigenvalue weighted by Gasteiger charge is 2.31. The molecular weight excluding hydrogens is 334 g/mol. The van der Waals surface area contributed by atoms with E-state index in [2.05, 4.69) is 13.8 Å². The van der Waals surface area contributed by atoms with Gasteiger partial charge in [0.2, 0.25) is 5.75 Å². The van der Waals surface area contributed by atoms with Crippen LogP contribution in [0.15, 0.2) is 12.1 Å². The molecule has 1 unspecified atom stereocenters.